The molecule has 1 aromatic heterocycles. The van der Waals surface area contributed by atoms with Gasteiger partial charge in [0.05, 0.1) is 6.61 Å². The van der Waals surface area contributed by atoms with Crippen molar-refractivity contribution in [2.45, 2.75) is 30.7 Å². The molecule has 4 rings (SSSR count). The van der Waals surface area contributed by atoms with E-state index in [4.69, 9.17) is 13.9 Å². The topological polar surface area (TPSA) is 211 Å². The lowest BCUT2D eigenvalue weighted by molar-refractivity contribution is -0.277. The highest BCUT2D eigenvalue weighted by molar-refractivity contribution is 5.88. The molecule has 1 aliphatic heterocycles. The molecular formula is C21H20O12. The highest BCUT2D eigenvalue weighted by Crippen LogP contribution is 2.39. The zero-order chi connectivity index (χ0) is 24.0. The highest BCUT2D eigenvalue weighted by Gasteiger charge is 2.45. The van der Waals surface area contributed by atoms with Crippen molar-refractivity contribution < 1.29 is 54.7 Å². The van der Waals surface area contributed by atoms with Gasteiger partial charge in [-0.1, -0.05) is 0 Å². The van der Waals surface area contributed by atoms with Crippen LogP contribution in [0.25, 0.3) is 22.3 Å². The second-order valence-corrected chi connectivity index (χ2v) is 7.44. The first kappa shape index (κ1) is 22.6. The fourth-order valence-electron chi connectivity index (χ4n) is 3.52. The van der Waals surface area contributed by atoms with E-state index < -0.39 is 60.0 Å². The summed E-state index contributed by atoms with van der Waals surface area (Å²) in [5, 5.41) is 78.8. The van der Waals surface area contributed by atoms with Crippen LogP contribution in [0.5, 0.6) is 28.7 Å². The lowest BCUT2D eigenvalue weighted by Crippen LogP contribution is -2.60. The molecule has 0 aliphatic carbocycles. The lowest BCUT2D eigenvalue weighted by atomic mass is 9.99. The monoisotopic (exact) mass is 464 g/mol. The quantitative estimate of drug-likeness (QED) is 0.245. The normalized spacial score (nSPS) is 25.3. The Bertz CT molecular complexity index is 1250. The number of hydrogen-bond donors (Lipinski definition) is 8. The van der Waals surface area contributed by atoms with E-state index in [1.54, 1.807) is 0 Å². The summed E-state index contributed by atoms with van der Waals surface area (Å²) in [6.45, 7) is -0.666. The summed E-state index contributed by atoms with van der Waals surface area (Å²) in [6.07, 6.45) is -7.73. The van der Waals surface area contributed by atoms with Crippen LogP contribution in [0.3, 0.4) is 0 Å². The van der Waals surface area contributed by atoms with Crippen LogP contribution in [-0.2, 0) is 4.74 Å². The second-order valence-electron chi connectivity index (χ2n) is 7.44. The largest absolute Gasteiger partial charge is 0.508 e. The summed E-state index contributed by atoms with van der Waals surface area (Å²) in [6, 6.07) is 5.51. The Morgan fingerprint density at radius 2 is 1.64 bits per heavy atom. The molecule has 5 atom stereocenters. The van der Waals surface area contributed by atoms with Gasteiger partial charge < -0.3 is 54.7 Å². The van der Waals surface area contributed by atoms with Crippen LogP contribution >= 0.6 is 0 Å². The number of aliphatic hydroxyl groups is 4. The summed E-state index contributed by atoms with van der Waals surface area (Å²) in [4.78, 5) is 12.5. The Kier molecular flexibility index (Phi) is 5.78. The van der Waals surface area contributed by atoms with Gasteiger partial charge in [-0.05, 0) is 18.2 Å². The molecule has 0 amide bonds. The summed E-state index contributed by atoms with van der Waals surface area (Å²) >= 11 is 0. The number of benzene rings is 2. The fraction of sp³-hybridized carbons (Fsp3) is 0.286. The molecule has 8 N–H and O–H groups in total. The maximum absolute atomic E-state index is 12.5. The summed E-state index contributed by atoms with van der Waals surface area (Å²) in [5.74, 6) is -2.97. The van der Waals surface area contributed by atoms with E-state index in [-0.39, 0.29) is 33.8 Å². The van der Waals surface area contributed by atoms with E-state index in [0.29, 0.717) is 0 Å². The molecule has 12 heteroatoms. The molecule has 1 unspecified atom stereocenters. The summed E-state index contributed by atoms with van der Waals surface area (Å²) < 4.78 is 16.1. The molecular weight excluding hydrogens is 444 g/mol. The van der Waals surface area contributed by atoms with Crippen molar-refractivity contribution in [3.05, 3.63) is 40.6 Å². The van der Waals surface area contributed by atoms with Gasteiger partial charge in [-0.2, -0.15) is 0 Å². The molecule has 0 spiro atoms. The van der Waals surface area contributed by atoms with E-state index >= 15 is 0 Å². The number of rotatable bonds is 4. The number of fused-ring (bicyclic) bond motifs is 1. The average molecular weight is 464 g/mol. The molecule has 1 aliphatic rings. The van der Waals surface area contributed by atoms with Gasteiger partial charge in [-0.3, -0.25) is 4.79 Å². The molecule has 0 radical (unpaired) electrons. The average Bonchev–Trinajstić information content (AvgIpc) is 2.77. The Morgan fingerprint density at radius 1 is 0.909 bits per heavy atom. The molecule has 3 aromatic rings. The lowest BCUT2D eigenvalue weighted by Gasteiger charge is -2.39. The van der Waals surface area contributed by atoms with Gasteiger partial charge in [0, 0.05) is 17.7 Å². The van der Waals surface area contributed by atoms with Crippen molar-refractivity contribution in [2.24, 2.45) is 0 Å². The maximum atomic E-state index is 12.5. The molecule has 176 valence electrons. The van der Waals surface area contributed by atoms with Gasteiger partial charge in [-0.15, -0.1) is 0 Å². The molecule has 2 heterocycles. The van der Waals surface area contributed by atoms with Crippen LogP contribution in [0.2, 0.25) is 0 Å². The van der Waals surface area contributed by atoms with E-state index in [9.17, 15) is 45.6 Å². The standard InChI is InChI=1S/C21H20O12/c22-6-13-15(26)17(28)19(30)21(33-13)32-11-2-1-7(3-9(11)24)20-18(29)16(27)14-10(25)4-8(23)5-12(14)31-20/h1-5,13,15,17,19,21-26,28-30H,6H2/t13-,15+,17+,19-,21?/m1/s1. The van der Waals surface area contributed by atoms with Crippen LogP contribution in [0.15, 0.2) is 39.5 Å². The zero-order valence-electron chi connectivity index (χ0n) is 16.7. The van der Waals surface area contributed by atoms with E-state index in [2.05, 4.69) is 0 Å². The van der Waals surface area contributed by atoms with Crippen LogP contribution in [0.1, 0.15) is 0 Å². The van der Waals surface area contributed by atoms with Crippen molar-refractivity contribution >= 4 is 11.0 Å². The van der Waals surface area contributed by atoms with Crippen molar-refractivity contribution in [3.63, 3.8) is 0 Å². The Morgan fingerprint density at radius 3 is 2.30 bits per heavy atom. The number of phenols is 3. The van der Waals surface area contributed by atoms with E-state index in [1.165, 1.54) is 12.1 Å². The third kappa shape index (κ3) is 3.90. The van der Waals surface area contributed by atoms with Gasteiger partial charge >= 0.3 is 0 Å². The van der Waals surface area contributed by atoms with Crippen LogP contribution in [-0.4, -0.2) is 78.2 Å². The Balaban J connectivity index is 1.68. The number of aliphatic hydroxyl groups excluding tert-OH is 4. The number of ether oxygens (including phenoxy) is 2. The van der Waals surface area contributed by atoms with Gasteiger partial charge in [-0.25, -0.2) is 0 Å². The predicted molar refractivity (Wildman–Crippen MR) is 109 cm³/mol. The smallest absolute Gasteiger partial charge is 0.238 e. The van der Waals surface area contributed by atoms with Crippen molar-refractivity contribution in [2.75, 3.05) is 6.61 Å². The SMILES string of the molecule is O=c1c(O)c(-c2ccc(OC3O[C@H](CO)[C@H](O)[C@H](O)[C@H]3O)c(O)c2)oc2cc(O)cc(O)c12. The van der Waals surface area contributed by atoms with Gasteiger partial charge in [0.1, 0.15) is 46.9 Å². The minimum atomic E-state index is -1.70. The van der Waals surface area contributed by atoms with E-state index in [1.807, 2.05) is 0 Å². The van der Waals surface area contributed by atoms with Crippen molar-refractivity contribution in [1.29, 1.82) is 0 Å². The third-order valence-electron chi connectivity index (χ3n) is 5.25. The van der Waals surface area contributed by atoms with Gasteiger partial charge in [0.15, 0.2) is 17.3 Å². The Hall–Kier alpha value is -3.55. The number of phenolic OH excluding ortho intramolecular Hbond substituents is 3. The van der Waals surface area contributed by atoms with Gasteiger partial charge in [0.2, 0.25) is 17.5 Å². The molecule has 12 nitrogen and oxygen atoms in total. The van der Waals surface area contributed by atoms with Crippen LogP contribution in [0, 0.1) is 0 Å². The van der Waals surface area contributed by atoms with Gasteiger partial charge in [0.25, 0.3) is 0 Å². The van der Waals surface area contributed by atoms with Crippen LogP contribution < -0.4 is 10.2 Å². The first-order valence-corrected chi connectivity index (χ1v) is 9.64. The molecule has 0 bridgehead atoms. The highest BCUT2D eigenvalue weighted by atomic mass is 16.7. The fourth-order valence-corrected chi connectivity index (χ4v) is 3.52. The molecule has 2 aromatic carbocycles. The van der Waals surface area contributed by atoms with Crippen LogP contribution in [0.4, 0.5) is 0 Å². The number of hydrogen-bond acceptors (Lipinski definition) is 12. The third-order valence-corrected chi connectivity index (χ3v) is 5.25. The molecule has 33 heavy (non-hydrogen) atoms. The van der Waals surface area contributed by atoms with Crippen molar-refractivity contribution in [3.8, 4) is 40.1 Å². The van der Waals surface area contributed by atoms with Crippen molar-refractivity contribution in [1.82, 2.24) is 0 Å². The Labute approximate surface area is 184 Å². The second kappa shape index (κ2) is 8.42. The summed E-state index contributed by atoms with van der Waals surface area (Å²) in [5.41, 5.74) is -1.16. The number of aromatic hydroxyl groups is 4. The maximum Gasteiger partial charge on any atom is 0.238 e. The molecule has 0 saturated carbocycles. The minimum Gasteiger partial charge on any atom is -0.508 e. The first-order valence-electron chi connectivity index (χ1n) is 9.64. The van der Waals surface area contributed by atoms with E-state index in [0.717, 1.165) is 18.2 Å². The minimum absolute atomic E-state index is 0.0213. The predicted octanol–water partition coefficient (Wildman–Crippen LogP) is -0.539. The zero-order valence-corrected chi connectivity index (χ0v) is 16.7. The molecule has 1 saturated heterocycles. The first-order chi connectivity index (χ1) is 15.6. The summed E-state index contributed by atoms with van der Waals surface area (Å²) in [7, 11) is 0. The molecule has 1 fully saturated rings.